The number of aliphatic hydroxyl groups is 2. The Morgan fingerprint density at radius 2 is 2.21 bits per heavy atom. The summed E-state index contributed by atoms with van der Waals surface area (Å²) in [4.78, 5) is 11.8. The molecule has 0 spiro atoms. The zero-order valence-corrected chi connectivity index (χ0v) is 9.98. The highest BCUT2D eigenvalue weighted by Crippen LogP contribution is 2.14. The van der Waals surface area contributed by atoms with Gasteiger partial charge in [0.1, 0.15) is 37.5 Å². The summed E-state index contributed by atoms with van der Waals surface area (Å²) in [6.07, 6.45) is 0.336. The minimum Gasteiger partial charge on any atom is -0.394 e. The van der Waals surface area contributed by atoms with E-state index in [9.17, 15) is 9.50 Å². The molecule has 2 aromatic rings. The second-order valence-electron chi connectivity index (χ2n) is 3.88. The molecule has 0 saturated carbocycles. The Kier molecular flexibility index (Phi) is 4.20. The van der Waals surface area contributed by atoms with Gasteiger partial charge in [-0.3, -0.25) is 4.57 Å². The van der Waals surface area contributed by atoms with E-state index in [0.717, 1.165) is 0 Å². The molecule has 0 aliphatic rings. The van der Waals surface area contributed by atoms with Crippen LogP contribution in [0.1, 0.15) is 0 Å². The van der Waals surface area contributed by atoms with E-state index in [1.807, 2.05) is 0 Å². The van der Waals surface area contributed by atoms with Crippen molar-refractivity contribution in [1.29, 1.82) is 0 Å². The molecule has 0 amide bonds. The molecule has 0 bridgehead atoms. The molecule has 2 heterocycles. The Labute approximate surface area is 107 Å². The zero-order chi connectivity index (χ0) is 13.8. The lowest BCUT2D eigenvalue weighted by Gasteiger charge is -2.19. The minimum atomic E-state index is -1.38. The van der Waals surface area contributed by atoms with Crippen LogP contribution in [0.4, 0.5) is 10.2 Å². The summed E-state index contributed by atoms with van der Waals surface area (Å²) in [7, 11) is 0. The minimum absolute atomic E-state index is 0.0464. The molecular formula is C10H14FN5O3. The molecule has 8 nitrogen and oxygen atoms in total. The molecule has 4 N–H and O–H groups in total. The van der Waals surface area contributed by atoms with E-state index in [2.05, 4.69) is 15.0 Å². The molecular weight excluding hydrogens is 257 g/mol. The fraction of sp³-hybridized carbons (Fsp3) is 0.500. The number of aromatic nitrogens is 4. The van der Waals surface area contributed by atoms with Gasteiger partial charge in [0.25, 0.3) is 0 Å². The van der Waals surface area contributed by atoms with E-state index in [0.29, 0.717) is 11.2 Å². The molecule has 0 aromatic carbocycles. The first-order valence-electron chi connectivity index (χ1n) is 5.55. The van der Waals surface area contributed by atoms with Crippen LogP contribution in [-0.2, 0) is 11.5 Å². The maximum absolute atomic E-state index is 12.3. The number of nitrogen functional groups attached to an aromatic ring is 1. The van der Waals surface area contributed by atoms with Crippen molar-refractivity contribution in [3.63, 3.8) is 0 Å². The quantitative estimate of drug-likeness (QED) is 0.621. The lowest BCUT2D eigenvalue weighted by atomic mass is 10.2. The Balaban J connectivity index is 2.11. The molecule has 19 heavy (non-hydrogen) atoms. The predicted octanol–water partition coefficient (Wildman–Crippen LogP) is -0.926. The van der Waals surface area contributed by atoms with Gasteiger partial charge >= 0.3 is 0 Å². The highest BCUT2D eigenvalue weighted by atomic mass is 19.1. The van der Waals surface area contributed by atoms with Gasteiger partial charge in [0.05, 0.1) is 12.9 Å². The van der Waals surface area contributed by atoms with Crippen molar-refractivity contribution in [3.05, 3.63) is 12.7 Å². The van der Waals surface area contributed by atoms with E-state index in [1.165, 1.54) is 17.2 Å². The average molecular weight is 271 g/mol. The Morgan fingerprint density at radius 3 is 2.89 bits per heavy atom. The lowest BCUT2D eigenvalue weighted by molar-refractivity contribution is -0.0919. The largest absolute Gasteiger partial charge is 0.394 e. The van der Waals surface area contributed by atoms with E-state index in [4.69, 9.17) is 15.6 Å². The predicted molar refractivity (Wildman–Crippen MR) is 63.7 cm³/mol. The summed E-state index contributed by atoms with van der Waals surface area (Å²) in [5.74, 6) is 0.242. The van der Waals surface area contributed by atoms with Crippen molar-refractivity contribution >= 4 is 17.0 Å². The second-order valence-corrected chi connectivity index (χ2v) is 3.88. The third-order valence-corrected chi connectivity index (χ3v) is 2.62. The molecule has 0 fully saturated rings. The zero-order valence-electron chi connectivity index (χ0n) is 9.98. The van der Waals surface area contributed by atoms with Crippen molar-refractivity contribution in [2.75, 3.05) is 19.0 Å². The van der Waals surface area contributed by atoms with Crippen LogP contribution in [0, 0.1) is 0 Å². The maximum Gasteiger partial charge on any atom is 0.167 e. The van der Waals surface area contributed by atoms with Crippen molar-refractivity contribution in [3.8, 4) is 0 Å². The van der Waals surface area contributed by atoms with E-state index >= 15 is 0 Å². The number of hydrogen-bond acceptors (Lipinski definition) is 7. The van der Waals surface area contributed by atoms with Crippen LogP contribution in [0.15, 0.2) is 12.7 Å². The molecule has 0 aliphatic heterocycles. The summed E-state index contributed by atoms with van der Waals surface area (Å²) in [6.45, 7) is -1.53. The number of hydrogen-bond donors (Lipinski definition) is 3. The number of nitrogens with zero attached hydrogens (tertiary/aromatic N) is 4. The van der Waals surface area contributed by atoms with Crippen LogP contribution in [-0.4, -0.2) is 55.2 Å². The molecule has 0 saturated heterocycles. The molecule has 2 rings (SSSR count). The van der Waals surface area contributed by atoms with Gasteiger partial charge in [-0.1, -0.05) is 0 Å². The van der Waals surface area contributed by atoms with Gasteiger partial charge in [-0.15, -0.1) is 0 Å². The third kappa shape index (κ3) is 2.78. The highest BCUT2D eigenvalue weighted by molar-refractivity contribution is 5.80. The first-order valence-corrected chi connectivity index (χ1v) is 5.55. The summed E-state index contributed by atoms with van der Waals surface area (Å²) in [5.41, 5.74) is 6.51. The number of fused-ring (bicyclic) bond motifs is 1. The van der Waals surface area contributed by atoms with Crippen molar-refractivity contribution in [2.24, 2.45) is 0 Å². The number of alkyl halides is 1. The Morgan fingerprint density at radius 1 is 1.42 bits per heavy atom. The van der Waals surface area contributed by atoms with E-state index in [1.54, 1.807) is 0 Å². The van der Waals surface area contributed by atoms with Gasteiger partial charge in [0.2, 0.25) is 0 Å². The number of halogens is 1. The van der Waals surface area contributed by atoms with Gasteiger partial charge < -0.3 is 20.7 Å². The van der Waals surface area contributed by atoms with Gasteiger partial charge in [-0.05, 0) is 0 Å². The van der Waals surface area contributed by atoms with Crippen molar-refractivity contribution < 1.29 is 19.3 Å². The fourth-order valence-corrected chi connectivity index (χ4v) is 1.55. The topological polar surface area (TPSA) is 119 Å². The van der Waals surface area contributed by atoms with Crippen LogP contribution in [0.5, 0.6) is 0 Å². The van der Waals surface area contributed by atoms with Crippen LogP contribution < -0.4 is 5.73 Å². The number of nitrogens with two attached hydrogens (primary N) is 1. The Hall–Kier alpha value is -1.84. The summed E-state index contributed by atoms with van der Waals surface area (Å²) < 4.78 is 19.0. The second kappa shape index (κ2) is 5.87. The molecule has 104 valence electrons. The molecule has 9 heteroatoms. The van der Waals surface area contributed by atoms with Crippen molar-refractivity contribution in [1.82, 2.24) is 19.5 Å². The normalized spacial score (nSPS) is 14.7. The van der Waals surface area contributed by atoms with Gasteiger partial charge in [0.15, 0.2) is 11.5 Å². The van der Waals surface area contributed by atoms with Crippen LogP contribution in [0.3, 0.4) is 0 Å². The molecule has 2 aromatic heterocycles. The number of imidazole rings is 1. The van der Waals surface area contributed by atoms with E-state index < -0.39 is 25.5 Å². The maximum atomic E-state index is 12.3. The summed E-state index contributed by atoms with van der Waals surface area (Å²) in [5, 5.41) is 18.3. The molecule has 1 unspecified atom stereocenters. The Bertz CT molecular complexity index is 549. The third-order valence-electron chi connectivity index (χ3n) is 2.62. The van der Waals surface area contributed by atoms with Crippen molar-refractivity contribution in [2.45, 2.75) is 18.9 Å². The van der Waals surface area contributed by atoms with Crippen LogP contribution in [0.25, 0.3) is 11.2 Å². The van der Waals surface area contributed by atoms with Crippen LogP contribution >= 0.6 is 0 Å². The standard InChI is InChI=1S/C10H14FN5O3/c11-1-6(18)7(2-17)19-5-16-4-15-8-9(12)13-3-14-10(8)16/h3-4,6-7,17-18H,1-2,5H2,(H2,12,13,14)/t6?,7-/m1/s1. The van der Waals surface area contributed by atoms with Gasteiger partial charge in [-0.2, -0.15) is 0 Å². The number of rotatable bonds is 6. The summed E-state index contributed by atoms with van der Waals surface area (Å²) >= 11 is 0. The van der Waals surface area contributed by atoms with Gasteiger partial charge in [0, 0.05) is 0 Å². The first kappa shape index (κ1) is 13.6. The summed E-state index contributed by atoms with van der Waals surface area (Å²) in [6, 6.07) is 0. The first-order chi connectivity index (χ1) is 9.17. The number of ether oxygens (including phenoxy) is 1. The fourth-order valence-electron chi connectivity index (χ4n) is 1.55. The van der Waals surface area contributed by atoms with Crippen LogP contribution in [0.2, 0.25) is 0 Å². The lowest BCUT2D eigenvalue weighted by Crippen LogP contribution is -2.34. The SMILES string of the molecule is Nc1ncnc2c1ncn2CO[C@H](CO)C(O)CF. The number of anilines is 1. The molecule has 0 aliphatic carbocycles. The van der Waals surface area contributed by atoms with E-state index in [-0.39, 0.29) is 12.5 Å². The highest BCUT2D eigenvalue weighted by Gasteiger charge is 2.19. The average Bonchev–Trinajstić information content (AvgIpc) is 2.84. The molecule has 0 radical (unpaired) electrons. The van der Waals surface area contributed by atoms with Gasteiger partial charge in [-0.25, -0.2) is 19.3 Å². The number of aliphatic hydroxyl groups excluding tert-OH is 2. The smallest absolute Gasteiger partial charge is 0.167 e. The molecule has 2 atom stereocenters. The monoisotopic (exact) mass is 271 g/mol.